The summed E-state index contributed by atoms with van der Waals surface area (Å²) in [6, 6.07) is 13.0. The van der Waals surface area contributed by atoms with Crippen molar-refractivity contribution in [2.45, 2.75) is 6.54 Å². The quantitative estimate of drug-likeness (QED) is 0.500. The summed E-state index contributed by atoms with van der Waals surface area (Å²) in [6.45, 7) is 2.45. The predicted octanol–water partition coefficient (Wildman–Crippen LogP) is 1.33. The first-order valence-corrected chi connectivity index (χ1v) is 10.1. The number of para-hydroxylation sites is 1. The molecule has 1 amide bonds. The molecule has 4 aromatic rings. The lowest BCUT2D eigenvalue weighted by Crippen LogP contribution is -2.50. The predicted molar refractivity (Wildman–Crippen MR) is 116 cm³/mol. The maximum absolute atomic E-state index is 12.8. The fourth-order valence-corrected chi connectivity index (χ4v) is 3.79. The third kappa shape index (κ3) is 3.77. The molecule has 1 fully saturated rings. The van der Waals surface area contributed by atoms with Crippen LogP contribution in [-0.4, -0.2) is 61.1 Å². The lowest BCUT2D eigenvalue weighted by molar-refractivity contribution is -0.132. The molecule has 31 heavy (non-hydrogen) atoms. The average molecular weight is 415 g/mol. The smallest absolute Gasteiger partial charge is 0.261 e. The number of benzene rings is 1. The van der Waals surface area contributed by atoms with E-state index < -0.39 is 0 Å². The number of amides is 1. The molecule has 0 spiro atoms. The van der Waals surface area contributed by atoms with Gasteiger partial charge in [0, 0.05) is 44.6 Å². The van der Waals surface area contributed by atoms with Crippen LogP contribution < -0.4 is 10.5 Å². The molecule has 4 heterocycles. The molecule has 0 N–H and O–H groups in total. The van der Waals surface area contributed by atoms with Crippen LogP contribution >= 0.6 is 0 Å². The Hall–Kier alpha value is -4.01. The number of fused-ring (bicyclic) bond motifs is 1. The Morgan fingerprint density at radius 2 is 1.65 bits per heavy atom. The lowest BCUT2D eigenvalue weighted by atomic mass is 10.2. The van der Waals surface area contributed by atoms with Gasteiger partial charge in [-0.3, -0.25) is 14.2 Å². The minimum absolute atomic E-state index is 0.0120. The van der Waals surface area contributed by atoms with Crippen molar-refractivity contribution >= 4 is 22.6 Å². The van der Waals surface area contributed by atoms with E-state index in [1.165, 1.54) is 10.9 Å². The normalized spacial score (nSPS) is 14.2. The van der Waals surface area contributed by atoms with Gasteiger partial charge in [0.1, 0.15) is 24.5 Å². The largest absolute Gasteiger partial charge is 0.353 e. The first-order chi connectivity index (χ1) is 15.2. The van der Waals surface area contributed by atoms with E-state index in [-0.39, 0.29) is 18.0 Å². The molecular formula is C22H21N7O2. The second-order valence-corrected chi connectivity index (χ2v) is 7.39. The summed E-state index contributed by atoms with van der Waals surface area (Å²) in [6.07, 6.45) is 6.88. The Balaban J connectivity index is 1.25. The highest BCUT2D eigenvalue weighted by Gasteiger charge is 2.23. The third-order valence-corrected chi connectivity index (χ3v) is 5.50. The second-order valence-electron chi connectivity index (χ2n) is 7.39. The molecular weight excluding hydrogens is 394 g/mol. The first kappa shape index (κ1) is 19.0. The van der Waals surface area contributed by atoms with E-state index in [1.807, 2.05) is 41.2 Å². The zero-order valence-electron chi connectivity index (χ0n) is 16.8. The van der Waals surface area contributed by atoms with Crippen molar-refractivity contribution in [2.24, 2.45) is 0 Å². The molecule has 0 bridgehead atoms. The molecule has 0 aliphatic carbocycles. The number of aromatic nitrogens is 5. The monoisotopic (exact) mass is 415 g/mol. The number of hydrogen-bond donors (Lipinski definition) is 0. The number of hydrogen-bond acceptors (Lipinski definition) is 6. The Morgan fingerprint density at radius 1 is 0.903 bits per heavy atom. The van der Waals surface area contributed by atoms with Gasteiger partial charge in [0.2, 0.25) is 5.91 Å². The lowest BCUT2D eigenvalue weighted by Gasteiger charge is -2.35. The van der Waals surface area contributed by atoms with Gasteiger partial charge in [-0.15, -0.1) is 0 Å². The van der Waals surface area contributed by atoms with Gasteiger partial charge in [-0.05, 0) is 24.3 Å². The fourth-order valence-electron chi connectivity index (χ4n) is 3.79. The van der Waals surface area contributed by atoms with Crippen molar-refractivity contribution in [3.05, 3.63) is 77.9 Å². The van der Waals surface area contributed by atoms with Crippen molar-refractivity contribution < 1.29 is 4.79 Å². The van der Waals surface area contributed by atoms with E-state index in [0.29, 0.717) is 37.1 Å². The van der Waals surface area contributed by atoms with Crippen LogP contribution in [0, 0.1) is 0 Å². The van der Waals surface area contributed by atoms with Crippen LogP contribution in [0.4, 0.5) is 5.82 Å². The van der Waals surface area contributed by atoms with Gasteiger partial charge in [0.25, 0.3) is 5.56 Å². The zero-order chi connectivity index (χ0) is 21.2. The molecule has 9 heteroatoms. The summed E-state index contributed by atoms with van der Waals surface area (Å²) in [5.74, 6) is 1.55. The van der Waals surface area contributed by atoms with Gasteiger partial charge < -0.3 is 14.4 Å². The van der Waals surface area contributed by atoms with E-state index in [2.05, 4.69) is 19.9 Å². The number of piperazine rings is 1. The number of nitrogens with zero attached hydrogens (tertiary/aromatic N) is 7. The summed E-state index contributed by atoms with van der Waals surface area (Å²) in [5, 5.41) is 0.518. The first-order valence-electron chi connectivity index (χ1n) is 10.1. The maximum atomic E-state index is 12.8. The van der Waals surface area contributed by atoms with Crippen LogP contribution in [0.15, 0.2) is 72.3 Å². The van der Waals surface area contributed by atoms with Gasteiger partial charge in [0.05, 0.1) is 17.2 Å². The molecule has 1 aliphatic heterocycles. The number of carbonyl (C=O) groups is 1. The standard InChI is InChI=1S/C22H21N7O2/c30-21(14-29-16-25-18-6-2-1-5-17(18)22(29)31)28-11-9-27(10-12-28)20-13-19(23-15-24-20)26-7-3-4-8-26/h1-8,13,15-16H,9-12,14H2. The number of carbonyl (C=O) groups excluding carboxylic acids is 1. The van der Waals surface area contributed by atoms with Crippen LogP contribution in [0.5, 0.6) is 0 Å². The van der Waals surface area contributed by atoms with Crippen LogP contribution in [-0.2, 0) is 11.3 Å². The molecule has 1 saturated heterocycles. The molecule has 3 aromatic heterocycles. The Bertz CT molecular complexity index is 1270. The van der Waals surface area contributed by atoms with Crippen LogP contribution in [0.25, 0.3) is 16.7 Å². The van der Waals surface area contributed by atoms with E-state index in [9.17, 15) is 9.59 Å². The Morgan fingerprint density at radius 3 is 2.45 bits per heavy atom. The van der Waals surface area contributed by atoms with E-state index in [0.717, 1.165) is 11.6 Å². The summed E-state index contributed by atoms with van der Waals surface area (Å²) in [7, 11) is 0. The van der Waals surface area contributed by atoms with Crippen LogP contribution in [0.2, 0.25) is 0 Å². The van der Waals surface area contributed by atoms with E-state index in [1.54, 1.807) is 29.4 Å². The van der Waals surface area contributed by atoms with Crippen molar-refractivity contribution in [1.82, 2.24) is 29.0 Å². The maximum Gasteiger partial charge on any atom is 0.261 e. The summed E-state index contributed by atoms with van der Waals surface area (Å²) in [4.78, 5) is 42.4. The van der Waals surface area contributed by atoms with Crippen molar-refractivity contribution in [1.29, 1.82) is 0 Å². The average Bonchev–Trinajstić information content (AvgIpc) is 3.36. The van der Waals surface area contributed by atoms with E-state index >= 15 is 0 Å². The van der Waals surface area contributed by atoms with Gasteiger partial charge in [-0.1, -0.05) is 12.1 Å². The molecule has 1 aliphatic rings. The van der Waals surface area contributed by atoms with Gasteiger partial charge in [-0.2, -0.15) is 0 Å². The highest BCUT2D eigenvalue weighted by Crippen LogP contribution is 2.16. The van der Waals surface area contributed by atoms with E-state index in [4.69, 9.17) is 0 Å². The topological polar surface area (TPSA) is 89.2 Å². The van der Waals surface area contributed by atoms with Crippen LogP contribution in [0.3, 0.4) is 0 Å². The zero-order valence-corrected chi connectivity index (χ0v) is 16.8. The molecule has 5 rings (SSSR count). The van der Waals surface area contributed by atoms with Crippen LogP contribution in [0.1, 0.15) is 0 Å². The summed E-state index contributed by atoms with van der Waals surface area (Å²) >= 11 is 0. The number of rotatable bonds is 4. The molecule has 9 nitrogen and oxygen atoms in total. The fraction of sp³-hybridized carbons (Fsp3) is 0.227. The SMILES string of the molecule is O=C(Cn1cnc2ccccc2c1=O)N1CCN(c2cc(-n3cccc3)ncn2)CC1. The molecule has 0 unspecified atom stereocenters. The molecule has 156 valence electrons. The second kappa shape index (κ2) is 8.02. The molecule has 0 saturated carbocycles. The third-order valence-electron chi connectivity index (χ3n) is 5.50. The molecule has 1 aromatic carbocycles. The highest BCUT2D eigenvalue weighted by atomic mass is 16.2. The minimum Gasteiger partial charge on any atom is -0.353 e. The minimum atomic E-state index is -0.198. The van der Waals surface area contributed by atoms with Crippen molar-refractivity contribution in [3.8, 4) is 5.82 Å². The summed E-state index contributed by atoms with van der Waals surface area (Å²) < 4.78 is 3.31. The van der Waals surface area contributed by atoms with Gasteiger partial charge >= 0.3 is 0 Å². The van der Waals surface area contributed by atoms with Crippen molar-refractivity contribution in [2.75, 3.05) is 31.1 Å². The van der Waals surface area contributed by atoms with Crippen molar-refractivity contribution in [3.63, 3.8) is 0 Å². The molecule has 0 atom stereocenters. The Kier molecular flexibility index (Phi) is 4.91. The van der Waals surface area contributed by atoms with Gasteiger partial charge in [-0.25, -0.2) is 15.0 Å². The van der Waals surface area contributed by atoms with Gasteiger partial charge in [0.15, 0.2) is 0 Å². The number of anilines is 1. The Labute approximate surface area is 178 Å². The molecule has 0 radical (unpaired) electrons. The highest BCUT2D eigenvalue weighted by molar-refractivity contribution is 5.79. The summed E-state index contributed by atoms with van der Waals surface area (Å²) in [5.41, 5.74) is 0.435.